The molecule has 8 nitrogen and oxygen atoms in total. The number of carboxylic acids is 4. The molecule has 1 rings (SSSR count). The molecule has 0 fully saturated rings. The third kappa shape index (κ3) is 9.08. The molecule has 0 aliphatic carbocycles. The summed E-state index contributed by atoms with van der Waals surface area (Å²) in [5, 5.41) is 33.2. The highest BCUT2D eigenvalue weighted by atomic mass is 16.4. The maximum atomic E-state index is 10.3. The quantitative estimate of drug-likeness (QED) is 0.557. The molecule has 0 unspecified atom stereocenters. The molecule has 22 heavy (non-hydrogen) atoms. The summed E-state index contributed by atoms with van der Waals surface area (Å²) < 4.78 is 0. The van der Waals surface area contributed by atoms with Crippen LogP contribution < -0.4 is 0 Å². The van der Waals surface area contributed by atoms with E-state index in [0.717, 1.165) is 0 Å². The van der Waals surface area contributed by atoms with Crippen molar-refractivity contribution in [3.05, 3.63) is 35.4 Å². The van der Waals surface area contributed by atoms with Crippen LogP contribution >= 0.6 is 0 Å². The van der Waals surface area contributed by atoms with Crippen molar-refractivity contribution in [3.63, 3.8) is 0 Å². The Morgan fingerprint density at radius 2 is 0.909 bits per heavy atom. The predicted octanol–water partition coefficient (Wildman–Crippen LogP) is 1.80. The third-order valence-corrected chi connectivity index (χ3v) is 2.41. The van der Waals surface area contributed by atoms with E-state index in [1.165, 1.54) is 24.3 Å². The molecule has 4 N–H and O–H groups in total. The Morgan fingerprint density at radius 3 is 1.09 bits per heavy atom. The first-order chi connectivity index (χ1) is 10.2. The summed E-state index contributed by atoms with van der Waals surface area (Å²) in [4.78, 5) is 40.5. The zero-order valence-corrected chi connectivity index (χ0v) is 11.6. The number of aliphatic carboxylic acids is 2. The summed E-state index contributed by atoms with van der Waals surface area (Å²) in [6.07, 6.45) is 1.02. The minimum absolute atomic E-state index is 0.0628. The van der Waals surface area contributed by atoms with E-state index in [1.54, 1.807) is 0 Å². The van der Waals surface area contributed by atoms with Crippen molar-refractivity contribution < 1.29 is 39.6 Å². The highest BCUT2D eigenvalue weighted by Crippen LogP contribution is 2.03. The molecule has 0 amide bonds. The largest absolute Gasteiger partial charge is 0.481 e. The first-order valence-corrected chi connectivity index (χ1v) is 6.24. The number of rotatable bonds is 7. The van der Waals surface area contributed by atoms with E-state index in [0.29, 0.717) is 12.8 Å². The van der Waals surface area contributed by atoms with Crippen molar-refractivity contribution in [2.45, 2.75) is 25.7 Å². The maximum Gasteiger partial charge on any atom is 0.335 e. The molecule has 1 aromatic carbocycles. The second-order valence-corrected chi connectivity index (χ2v) is 4.18. The molecule has 0 saturated carbocycles. The Morgan fingerprint density at radius 1 is 0.636 bits per heavy atom. The molecule has 0 radical (unpaired) electrons. The van der Waals surface area contributed by atoms with Gasteiger partial charge in [-0.2, -0.15) is 0 Å². The third-order valence-electron chi connectivity index (χ3n) is 2.41. The van der Waals surface area contributed by atoms with E-state index >= 15 is 0 Å². The van der Waals surface area contributed by atoms with Crippen molar-refractivity contribution in [2.24, 2.45) is 0 Å². The van der Waals surface area contributed by atoms with Gasteiger partial charge in [-0.15, -0.1) is 0 Å². The standard InChI is InChI=1S/C8H6O4.C6H10O4/c9-7(10)5-1-2-6(4-3-5)8(11)12;7-5(8)3-1-2-4-6(9)10/h1-4H,(H,9,10)(H,11,12);1-4H2,(H,7,8)(H,9,10). The lowest BCUT2D eigenvalue weighted by Crippen LogP contribution is -1.99. The van der Waals surface area contributed by atoms with Crippen LogP contribution in [0.3, 0.4) is 0 Å². The van der Waals surface area contributed by atoms with Gasteiger partial charge in [-0.25, -0.2) is 9.59 Å². The van der Waals surface area contributed by atoms with Crippen molar-refractivity contribution >= 4 is 23.9 Å². The Labute approximate surface area is 125 Å². The molecule has 0 heterocycles. The van der Waals surface area contributed by atoms with Gasteiger partial charge in [0.1, 0.15) is 0 Å². The van der Waals surface area contributed by atoms with Gasteiger partial charge in [0.25, 0.3) is 0 Å². The molecular weight excluding hydrogens is 296 g/mol. The van der Waals surface area contributed by atoms with Crippen LogP contribution in [0, 0.1) is 0 Å². The van der Waals surface area contributed by atoms with E-state index < -0.39 is 23.9 Å². The summed E-state index contributed by atoms with van der Waals surface area (Å²) in [5.74, 6) is -3.87. The second-order valence-electron chi connectivity index (χ2n) is 4.18. The van der Waals surface area contributed by atoms with E-state index in [1.807, 2.05) is 0 Å². The van der Waals surface area contributed by atoms with E-state index in [4.69, 9.17) is 20.4 Å². The Kier molecular flexibility index (Phi) is 8.61. The lowest BCUT2D eigenvalue weighted by molar-refractivity contribution is -0.139. The van der Waals surface area contributed by atoms with Gasteiger partial charge in [-0.3, -0.25) is 9.59 Å². The van der Waals surface area contributed by atoms with Crippen molar-refractivity contribution in [3.8, 4) is 0 Å². The van der Waals surface area contributed by atoms with Crippen LogP contribution in [0.5, 0.6) is 0 Å². The number of carbonyl (C=O) groups is 4. The van der Waals surface area contributed by atoms with Crippen molar-refractivity contribution in [1.29, 1.82) is 0 Å². The zero-order chi connectivity index (χ0) is 17.1. The highest BCUT2D eigenvalue weighted by Gasteiger charge is 2.04. The Bertz CT molecular complexity index is 483. The molecule has 0 aliphatic rings. The molecule has 0 bridgehead atoms. The fourth-order valence-electron chi connectivity index (χ4n) is 1.31. The first kappa shape index (κ1) is 19.1. The summed E-state index contributed by atoms with van der Waals surface area (Å²) in [5.41, 5.74) is 0.167. The van der Waals surface area contributed by atoms with Gasteiger partial charge in [-0.05, 0) is 37.1 Å². The number of hydrogen-bond acceptors (Lipinski definition) is 4. The van der Waals surface area contributed by atoms with E-state index in [-0.39, 0.29) is 24.0 Å². The van der Waals surface area contributed by atoms with Crippen LogP contribution in [0.2, 0.25) is 0 Å². The number of aromatic carboxylic acids is 2. The Hall–Kier alpha value is -2.90. The highest BCUT2D eigenvalue weighted by molar-refractivity contribution is 5.91. The normalized spacial score (nSPS) is 9.27. The molecular formula is C14H16O8. The van der Waals surface area contributed by atoms with Gasteiger partial charge in [-0.1, -0.05) is 0 Å². The van der Waals surface area contributed by atoms with Gasteiger partial charge in [0, 0.05) is 12.8 Å². The maximum absolute atomic E-state index is 10.3. The van der Waals surface area contributed by atoms with Gasteiger partial charge >= 0.3 is 23.9 Å². The first-order valence-electron chi connectivity index (χ1n) is 6.24. The Balaban J connectivity index is 0.000000409. The predicted molar refractivity (Wildman–Crippen MR) is 74.1 cm³/mol. The van der Waals surface area contributed by atoms with Crippen LogP contribution in [-0.2, 0) is 9.59 Å². The van der Waals surface area contributed by atoms with Crippen molar-refractivity contribution in [2.75, 3.05) is 0 Å². The summed E-state index contributed by atoms with van der Waals surface area (Å²) in [6, 6.07) is 5.02. The molecule has 120 valence electrons. The number of benzene rings is 1. The smallest absolute Gasteiger partial charge is 0.335 e. The lowest BCUT2D eigenvalue weighted by atomic mass is 10.1. The molecule has 8 heteroatoms. The molecule has 0 saturated heterocycles. The van der Waals surface area contributed by atoms with Crippen LogP contribution in [0.25, 0.3) is 0 Å². The van der Waals surface area contributed by atoms with E-state index in [9.17, 15) is 19.2 Å². The topological polar surface area (TPSA) is 149 Å². The molecule has 0 aromatic heterocycles. The monoisotopic (exact) mass is 312 g/mol. The molecule has 1 aromatic rings. The van der Waals surface area contributed by atoms with Gasteiger partial charge in [0.05, 0.1) is 11.1 Å². The fourth-order valence-corrected chi connectivity index (χ4v) is 1.31. The van der Waals surface area contributed by atoms with Crippen LogP contribution in [0.1, 0.15) is 46.4 Å². The minimum Gasteiger partial charge on any atom is -0.481 e. The van der Waals surface area contributed by atoms with Gasteiger partial charge in [0.2, 0.25) is 0 Å². The van der Waals surface area contributed by atoms with Crippen molar-refractivity contribution in [1.82, 2.24) is 0 Å². The lowest BCUT2D eigenvalue weighted by Gasteiger charge is -1.94. The second kappa shape index (κ2) is 9.92. The van der Waals surface area contributed by atoms with E-state index in [2.05, 4.69) is 0 Å². The molecule has 0 spiro atoms. The number of hydrogen-bond donors (Lipinski definition) is 4. The van der Waals surface area contributed by atoms with Crippen LogP contribution in [-0.4, -0.2) is 44.3 Å². The van der Waals surface area contributed by atoms with Crippen LogP contribution in [0.4, 0.5) is 0 Å². The number of unbranched alkanes of at least 4 members (excludes halogenated alkanes) is 1. The average molecular weight is 312 g/mol. The van der Waals surface area contributed by atoms with Gasteiger partial charge < -0.3 is 20.4 Å². The average Bonchev–Trinajstić information content (AvgIpc) is 2.44. The summed E-state index contributed by atoms with van der Waals surface area (Å²) >= 11 is 0. The number of carboxylic acid groups (broad SMARTS) is 4. The molecule has 0 aliphatic heterocycles. The van der Waals surface area contributed by atoms with Crippen LogP contribution in [0.15, 0.2) is 24.3 Å². The molecule has 0 atom stereocenters. The minimum atomic E-state index is -1.06. The SMILES string of the molecule is O=C(O)CCCCC(=O)O.O=C(O)c1ccc(C(=O)O)cc1. The summed E-state index contributed by atoms with van der Waals surface area (Å²) in [7, 11) is 0. The fraction of sp³-hybridized carbons (Fsp3) is 0.286. The van der Waals surface area contributed by atoms with Gasteiger partial charge in [0.15, 0.2) is 0 Å². The summed E-state index contributed by atoms with van der Waals surface area (Å²) in [6.45, 7) is 0. The zero-order valence-electron chi connectivity index (χ0n) is 11.6.